The zero-order valence-electron chi connectivity index (χ0n) is 14.5. The van der Waals surface area contributed by atoms with Crippen molar-refractivity contribution in [2.45, 2.75) is 6.42 Å². The van der Waals surface area contributed by atoms with Crippen molar-refractivity contribution >= 4 is 17.7 Å². The summed E-state index contributed by atoms with van der Waals surface area (Å²) in [6.45, 7) is 0.658. The molecule has 0 aromatic heterocycles. The molecule has 136 valence electrons. The molecule has 0 aliphatic carbocycles. The van der Waals surface area contributed by atoms with Crippen LogP contribution < -0.4 is 15.8 Å². The largest absolute Gasteiger partial charge is 0.492 e. The van der Waals surface area contributed by atoms with E-state index >= 15 is 0 Å². The Hall–Kier alpha value is -3.35. The topological polar surface area (TPSA) is 114 Å². The average Bonchev–Trinajstić information content (AvgIpc) is 2.66. The summed E-state index contributed by atoms with van der Waals surface area (Å²) in [6.07, 6.45) is 0.218. The summed E-state index contributed by atoms with van der Waals surface area (Å²) in [5, 5.41) is 10.1. The standard InChI is InChI=1S/C19H21N3O4/c1-25-17(23)12-13-2-8-16(9-3-13)26-11-10-22-19(24)15-6-4-14(5-7-15)18(20)21/h2-9H,10-12H2,1H3,(H3,20,21)(H,22,24). The maximum absolute atomic E-state index is 12.0. The molecule has 2 aromatic carbocycles. The van der Waals surface area contributed by atoms with Gasteiger partial charge in [0.05, 0.1) is 20.1 Å². The van der Waals surface area contributed by atoms with Crippen molar-refractivity contribution in [3.8, 4) is 5.75 Å². The summed E-state index contributed by atoms with van der Waals surface area (Å²) in [6, 6.07) is 13.6. The number of benzene rings is 2. The molecule has 0 fully saturated rings. The lowest BCUT2D eigenvalue weighted by molar-refractivity contribution is -0.139. The van der Waals surface area contributed by atoms with Gasteiger partial charge in [-0.15, -0.1) is 0 Å². The van der Waals surface area contributed by atoms with Crippen molar-refractivity contribution in [1.29, 1.82) is 5.41 Å². The quantitative estimate of drug-likeness (QED) is 0.287. The van der Waals surface area contributed by atoms with Crippen LogP contribution in [0.15, 0.2) is 48.5 Å². The molecule has 0 spiro atoms. The van der Waals surface area contributed by atoms with Gasteiger partial charge in [-0.05, 0) is 29.8 Å². The Labute approximate surface area is 151 Å². The Morgan fingerprint density at radius 3 is 2.23 bits per heavy atom. The van der Waals surface area contributed by atoms with Gasteiger partial charge in [-0.1, -0.05) is 24.3 Å². The first-order valence-corrected chi connectivity index (χ1v) is 8.01. The zero-order chi connectivity index (χ0) is 18.9. The van der Waals surface area contributed by atoms with E-state index in [0.29, 0.717) is 30.0 Å². The maximum Gasteiger partial charge on any atom is 0.309 e. The SMILES string of the molecule is COC(=O)Cc1ccc(OCCNC(=O)c2ccc(C(=N)N)cc2)cc1. The summed E-state index contributed by atoms with van der Waals surface area (Å²) < 4.78 is 10.2. The fourth-order valence-electron chi connectivity index (χ4n) is 2.18. The number of rotatable bonds is 8. The fourth-order valence-corrected chi connectivity index (χ4v) is 2.18. The molecule has 1 amide bonds. The summed E-state index contributed by atoms with van der Waals surface area (Å²) in [5.41, 5.74) is 7.27. The molecule has 4 N–H and O–H groups in total. The predicted octanol–water partition coefficient (Wildman–Crippen LogP) is 1.49. The third kappa shape index (κ3) is 5.62. The number of nitrogen functional groups attached to an aromatic ring is 1. The van der Waals surface area contributed by atoms with Gasteiger partial charge in [-0.25, -0.2) is 0 Å². The van der Waals surface area contributed by atoms with E-state index in [0.717, 1.165) is 5.56 Å². The summed E-state index contributed by atoms with van der Waals surface area (Å²) in [4.78, 5) is 23.2. The highest BCUT2D eigenvalue weighted by atomic mass is 16.5. The van der Waals surface area contributed by atoms with Crippen LogP contribution >= 0.6 is 0 Å². The van der Waals surface area contributed by atoms with E-state index in [4.69, 9.17) is 15.9 Å². The maximum atomic E-state index is 12.0. The number of nitrogens with one attached hydrogen (secondary N) is 2. The van der Waals surface area contributed by atoms with Crippen LogP contribution in [0, 0.1) is 5.41 Å². The molecule has 0 heterocycles. The Kier molecular flexibility index (Phi) is 6.73. The molecule has 0 saturated heterocycles. The molecular formula is C19H21N3O4. The van der Waals surface area contributed by atoms with Gasteiger partial charge in [0.15, 0.2) is 0 Å². The number of ether oxygens (including phenoxy) is 2. The summed E-state index contributed by atoms with van der Waals surface area (Å²) in [7, 11) is 1.35. The Balaban J connectivity index is 1.75. The van der Waals surface area contributed by atoms with Crippen LogP contribution in [0.1, 0.15) is 21.5 Å². The monoisotopic (exact) mass is 355 g/mol. The molecule has 0 atom stereocenters. The van der Waals surface area contributed by atoms with Gasteiger partial charge in [-0.3, -0.25) is 15.0 Å². The Bertz CT molecular complexity index is 770. The van der Waals surface area contributed by atoms with Crippen molar-refractivity contribution < 1.29 is 19.1 Å². The second-order valence-corrected chi connectivity index (χ2v) is 5.49. The molecule has 0 aliphatic rings. The first-order valence-electron chi connectivity index (χ1n) is 8.01. The minimum Gasteiger partial charge on any atom is -0.492 e. The molecule has 0 saturated carbocycles. The van der Waals surface area contributed by atoms with Crippen LogP contribution in [-0.4, -0.2) is 38.0 Å². The van der Waals surface area contributed by atoms with Crippen LogP contribution in [0.4, 0.5) is 0 Å². The van der Waals surface area contributed by atoms with Gasteiger partial charge in [0.2, 0.25) is 0 Å². The third-order valence-corrected chi connectivity index (χ3v) is 3.61. The highest BCUT2D eigenvalue weighted by Crippen LogP contribution is 2.12. The molecule has 26 heavy (non-hydrogen) atoms. The lowest BCUT2D eigenvalue weighted by atomic mass is 10.1. The first kappa shape index (κ1) is 19.0. The van der Waals surface area contributed by atoms with Crippen LogP contribution in [0.5, 0.6) is 5.75 Å². The highest BCUT2D eigenvalue weighted by molar-refractivity contribution is 5.98. The number of esters is 1. The molecule has 0 aliphatic heterocycles. The second kappa shape index (κ2) is 9.22. The third-order valence-electron chi connectivity index (χ3n) is 3.61. The van der Waals surface area contributed by atoms with Gasteiger partial charge < -0.3 is 20.5 Å². The van der Waals surface area contributed by atoms with Crippen LogP contribution in [0.25, 0.3) is 0 Å². The molecule has 7 nitrogen and oxygen atoms in total. The van der Waals surface area contributed by atoms with Crippen molar-refractivity contribution in [3.05, 3.63) is 65.2 Å². The predicted molar refractivity (Wildman–Crippen MR) is 97.4 cm³/mol. The van der Waals surface area contributed by atoms with Crippen LogP contribution in [-0.2, 0) is 16.0 Å². The van der Waals surface area contributed by atoms with Crippen molar-refractivity contribution in [2.75, 3.05) is 20.3 Å². The van der Waals surface area contributed by atoms with E-state index in [9.17, 15) is 9.59 Å². The molecular weight excluding hydrogens is 334 g/mol. The molecule has 0 unspecified atom stereocenters. The Morgan fingerprint density at radius 2 is 1.65 bits per heavy atom. The van der Waals surface area contributed by atoms with Gasteiger partial charge in [0, 0.05) is 11.1 Å². The average molecular weight is 355 g/mol. The van der Waals surface area contributed by atoms with Crippen LogP contribution in [0.3, 0.4) is 0 Å². The number of amidine groups is 1. The number of carbonyl (C=O) groups excluding carboxylic acids is 2. The molecule has 2 rings (SSSR count). The highest BCUT2D eigenvalue weighted by Gasteiger charge is 2.06. The van der Waals surface area contributed by atoms with Crippen molar-refractivity contribution in [2.24, 2.45) is 5.73 Å². The van der Waals surface area contributed by atoms with E-state index in [2.05, 4.69) is 10.1 Å². The lowest BCUT2D eigenvalue weighted by Crippen LogP contribution is -2.28. The van der Waals surface area contributed by atoms with E-state index < -0.39 is 0 Å². The van der Waals surface area contributed by atoms with Crippen molar-refractivity contribution in [1.82, 2.24) is 5.32 Å². The van der Waals surface area contributed by atoms with E-state index in [1.54, 1.807) is 48.5 Å². The Morgan fingerprint density at radius 1 is 1.04 bits per heavy atom. The number of hydrogen-bond acceptors (Lipinski definition) is 5. The zero-order valence-corrected chi connectivity index (χ0v) is 14.5. The van der Waals surface area contributed by atoms with Crippen LogP contribution in [0.2, 0.25) is 0 Å². The number of nitrogens with two attached hydrogens (primary N) is 1. The van der Waals surface area contributed by atoms with E-state index in [1.807, 2.05) is 0 Å². The molecule has 7 heteroatoms. The number of carbonyl (C=O) groups is 2. The molecule has 0 radical (unpaired) electrons. The normalized spacial score (nSPS) is 10.0. The van der Waals surface area contributed by atoms with Gasteiger partial charge >= 0.3 is 5.97 Å². The molecule has 2 aromatic rings. The van der Waals surface area contributed by atoms with Gasteiger partial charge in [0.1, 0.15) is 18.2 Å². The summed E-state index contributed by atoms with van der Waals surface area (Å²) >= 11 is 0. The van der Waals surface area contributed by atoms with E-state index in [1.165, 1.54) is 7.11 Å². The smallest absolute Gasteiger partial charge is 0.309 e. The second-order valence-electron chi connectivity index (χ2n) is 5.49. The first-order chi connectivity index (χ1) is 12.5. The minimum absolute atomic E-state index is 0.0389. The molecule has 0 bridgehead atoms. The van der Waals surface area contributed by atoms with Gasteiger partial charge in [0.25, 0.3) is 5.91 Å². The number of methoxy groups -OCH3 is 1. The number of hydrogen-bond donors (Lipinski definition) is 3. The minimum atomic E-state index is -0.294. The summed E-state index contributed by atoms with van der Waals surface area (Å²) in [5.74, 6) is 0.0940. The van der Waals surface area contributed by atoms with E-state index in [-0.39, 0.29) is 24.1 Å². The number of amides is 1. The van der Waals surface area contributed by atoms with Gasteiger partial charge in [-0.2, -0.15) is 0 Å². The van der Waals surface area contributed by atoms with Crippen molar-refractivity contribution in [3.63, 3.8) is 0 Å². The fraction of sp³-hybridized carbons (Fsp3) is 0.211. The lowest BCUT2D eigenvalue weighted by Gasteiger charge is -2.09.